The van der Waals surface area contributed by atoms with E-state index in [1.807, 2.05) is 18.2 Å². The molecule has 24 heavy (non-hydrogen) atoms. The molecule has 1 saturated heterocycles. The van der Waals surface area contributed by atoms with Gasteiger partial charge in [-0.15, -0.1) is 24.0 Å². The molecule has 5 nitrogen and oxygen atoms in total. The summed E-state index contributed by atoms with van der Waals surface area (Å²) in [6, 6.07) is 8.06. The molecular weight excluding hydrogens is 417 g/mol. The molecule has 0 aromatic heterocycles. The van der Waals surface area contributed by atoms with Gasteiger partial charge in [0.1, 0.15) is 6.10 Å². The lowest BCUT2D eigenvalue weighted by atomic mass is 10.1. The minimum Gasteiger partial charge on any atom is -0.370 e. The maximum atomic E-state index is 6.18. The molecule has 1 aliphatic heterocycles. The summed E-state index contributed by atoms with van der Waals surface area (Å²) in [5.41, 5.74) is 8.11. The van der Waals surface area contributed by atoms with E-state index in [-0.39, 0.29) is 35.9 Å². The van der Waals surface area contributed by atoms with Crippen molar-refractivity contribution in [3.8, 4) is 0 Å². The quantitative estimate of drug-likeness (QED) is 0.422. The van der Waals surface area contributed by atoms with Crippen LogP contribution in [0.4, 0.5) is 5.69 Å². The molecule has 0 bridgehead atoms. The zero-order chi connectivity index (χ0) is 16.1. The van der Waals surface area contributed by atoms with Gasteiger partial charge >= 0.3 is 0 Å². The van der Waals surface area contributed by atoms with Gasteiger partial charge in [-0.25, -0.2) is 0 Å². The first kappa shape index (κ1) is 19.5. The summed E-state index contributed by atoms with van der Waals surface area (Å²) < 4.78 is 12.2. The molecule has 134 valence electrons. The molecule has 1 spiro atoms. The van der Waals surface area contributed by atoms with E-state index < -0.39 is 0 Å². The van der Waals surface area contributed by atoms with Crippen LogP contribution in [0.15, 0.2) is 29.3 Å². The van der Waals surface area contributed by atoms with Crippen LogP contribution in [-0.2, 0) is 9.47 Å². The summed E-state index contributed by atoms with van der Waals surface area (Å²) >= 11 is 0. The number of guanidine groups is 1. The van der Waals surface area contributed by atoms with Crippen molar-refractivity contribution < 1.29 is 9.47 Å². The number of halogens is 1. The third kappa shape index (κ3) is 5.32. The van der Waals surface area contributed by atoms with E-state index in [1.165, 1.54) is 31.2 Å². The molecule has 3 N–H and O–H groups in total. The summed E-state index contributed by atoms with van der Waals surface area (Å²) in [5, 5.41) is 3.12. The van der Waals surface area contributed by atoms with Crippen LogP contribution in [0.1, 0.15) is 44.1 Å². The predicted octanol–water partition coefficient (Wildman–Crippen LogP) is 3.81. The fourth-order valence-corrected chi connectivity index (χ4v) is 3.35. The van der Waals surface area contributed by atoms with Crippen molar-refractivity contribution in [2.75, 3.05) is 18.5 Å². The first-order valence-electron chi connectivity index (χ1n) is 8.61. The van der Waals surface area contributed by atoms with Crippen LogP contribution in [0.25, 0.3) is 0 Å². The standard InChI is InChI=1S/C18H27N3O2.HI/c1-14-7-6-8-15(11-14)21-17(19)20-12-16-13-22-18(23-16)9-4-2-3-5-10-18;/h6-8,11,16H,2-5,9-10,12-13H2,1H3,(H3,19,20,21);1H. The molecule has 2 aliphatic rings. The van der Waals surface area contributed by atoms with E-state index in [0.29, 0.717) is 19.1 Å². The Morgan fingerprint density at radius 1 is 1.29 bits per heavy atom. The van der Waals surface area contributed by atoms with E-state index in [2.05, 4.69) is 23.3 Å². The molecule has 1 heterocycles. The number of nitrogens with one attached hydrogen (secondary N) is 1. The van der Waals surface area contributed by atoms with Crippen LogP contribution in [-0.4, -0.2) is 31.0 Å². The van der Waals surface area contributed by atoms with Crippen molar-refractivity contribution in [1.29, 1.82) is 0 Å². The van der Waals surface area contributed by atoms with Gasteiger partial charge in [-0.3, -0.25) is 4.99 Å². The second kappa shape index (κ2) is 9.01. The maximum absolute atomic E-state index is 6.18. The van der Waals surface area contributed by atoms with E-state index in [0.717, 1.165) is 18.5 Å². The van der Waals surface area contributed by atoms with Gasteiger partial charge in [-0.1, -0.05) is 25.0 Å². The smallest absolute Gasteiger partial charge is 0.193 e. The van der Waals surface area contributed by atoms with Gasteiger partial charge in [-0.2, -0.15) is 0 Å². The maximum Gasteiger partial charge on any atom is 0.193 e. The van der Waals surface area contributed by atoms with Crippen LogP contribution in [0.3, 0.4) is 0 Å². The number of anilines is 1. The molecule has 1 aliphatic carbocycles. The molecule has 2 fully saturated rings. The number of rotatable bonds is 3. The Kier molecular flexibility index (Phi) is 7.31. The van der Waals surface area contributed by atoms with Crippen molar-refractivity contribution in [2.24, 2.45) is 10.7 Å². The van der Waals surface area contributed by atoms with Crippen molar-refractivity contribution in [2.45, 2.75) is 57.3 Å². The highest BCUT2D eigenvalue weighted by molar-refractivity contribution is 14.0. The van der Waals surface area contributed by atoms with Gasteiger partial charge < -0.3 is 20.5 Å². The van der Waals surface area contributed by atoms with Gasteiger partial charge in [0.15, 0.2) is 11.7 Å². The Morgan fingerprint density at radius 2 is 2.04 bits per heavy atom. The van der Waals surface area contributed by atoms with E-state index in [4.69, 9.17) is 15.2 Å². The minimum absolute atomic E-state index is 0. The highest BCUT2D eigenvalue weighted by atomic mass is 127. The topological polar surface area (TPSA) is 68.9 Å². The summed E-state index contributed by atoms with van der Waals surface area (Å²) in [6.07, 6.45) is 6.95. The van der Waals surface area contributed by atoms with Crippen LogP contribution >= 0.6 is 24.0 Å². The number of aryl methyl sites for hydroxylation is 1. The van der Waals surface area contributed by atoms with E-state index in [1.54, 1.807) is 0 Å². The Morgan fingerprint density at radius 3 is 2.75 bits per heavy atom. The van der Waals surface area contributed by atoms with Gasteiger partial charge in [-0.05, 0) is 37.5 Å². The van der Waals surface area contributed by atoms with Crippen molar-refractivity contribution in [3.05, 3.63) is 29.8 Å². The van der Waals surface area contributed by atoms with Gasteiger partial charge in [0.25, 0.3) is 0 Å². The number of hydrogen-bond donors (Lipinski definition) is 2. The molecular formula is C18H28IN3O2. The molecule has 1 atom stereocenters. The highest BCUT2D eigenvalue weighted by Gasteiger charge is 2.41. The summed E-state index contributed by atoms with van der Waals surface area (Å²) in [7, 11) is 0. The lowest BCUT2D eigenvalue weighted by Gasteiger charge is -2.26. The number of benzene rings is 1. The lowest BCUT2D eigenvalue weighted by Crippen LogP contribution is -2.31. The number of ether oxygens (including phenoxy) is 2. The lowest BCUT2D eigenvalue weighted by molar-refractivity contribution is -0.174. The molecule has 1 unspecified atom stereocenters. The second-order valence-electron chi connectivity index (χ2n) is 6.60. The Hall–Kier alpha value is -0.860. The summed E-state index contributed by atoms with van der Waals surface area (Å²) in [6.45, 7) is 3.20. The second-order valence-corrected chi connectivity index (χ2v) is 6.60. The number of hydrogen-bond acceptors (Lipinski definition) is 3. The predicted molar refractivity (Wildman–Crippen MR) is 108 cm³/mol. The largest absolute Gasteiger partial charge is 0.370 e. The van der Waals surface area contributed by atoms with Gasteiger partial charge in [0.2, 0.25) is 0 Å². The van der Waals surface area contributed by atoms with Crippen LogP contribution in [0, 0.1) is 6.92 Å². The fraction of sp³-hybridized carbons (Fsp3) is 0.611. The highest BCUT2D eigenvalue weighted by Crippen LogP contribution is 2.36. The first-order chi connectivity index (χ1) is 11.2. The van der Waals surface area contributed by atoms with E-state index >= 15 is 0 Å². The van der Waals surface area contributed by atoms with E-state index in [9.17, 15) is 0 Å². The molecule has 1 aromatic carbocycles. The molecule has 1 aromatic rings. The zero-order valence-electron chi connectivity index (χ0n) is 14.3. The SMILES string of the molecule is Cc1cccc(NC(N)=NCC2COC3(CCCCCC3)O2)c1.I. The average molecular weight is 445 g/mol. The Bertz CT molecular complexity index is 557. The number of nitrogens with two attached hydrogens (primary N) is 1. The van der Waals surface area contributed by atoms with Gasteiger partial charge in [0, 0.05) is 18.5 Å². The van der Waals surface area contributed by atoms with Crippen molar-refractivity contribution in [3.63, 3.8) is 0 Å². The molecule has 6 heteroatoms. The summed E-state index contributed by atoms with van der Waals surface area (Å²) in [4.78, 5) is 4.41. The van der Waals surface area contributed by atoms with Gasteiger partial charge in [0.05, 0.1) is 13.2 Å². The average Bonchev–Trinajstić information content (AvgIpc) is 2.77. The van der Waals surface area contributed by atoms with Crippen LogP contribution < -0.4 is 11.1 Å². The molecule has 0 radical (unpaired) electrons. The monoisotopic (exact) mass is 445 g/mol. The van der Waals surface area contributed by atoms with Crippen LogP contribution in [0.2, 0.25) is 0 Å². The third-order valence-corrected chi connectivity index (χ3v) is 4.53. The normalized spacial score (nSPS) is 23.5. The number of aliphatic imine (C=N–C) groups is 1. The number of nitrogens with zero attached hydrogens (tertiary/aromatic N) is 1. The Balaban J connectivity index is 0.00000208. The van der Waals surface area contributed by atoms with Crippen LogP contribution in [0.5, 0.6) is 0 Å². The zero-order valence-corrected chi connectivity index (χ0v) is 16.6. The van der Waals surface area contributed by atoms with Crippen molar-refractivity contribution in [1.82, 2.24) is 0 Å². The van der Waals surface area contributed by atoms with Crippen molar-refractivity contribution >= 4 is 35.6 Å². The molecule has 1 saturated carbocycles. The minimum atomic E-state index is -0.352. The first-order valence-corrected chi connectivity index (χ1v) is 8.61. The third-order valence-electron chi connectivity index (χ3n) is 4.53. The summed E-state index contributed by atoms with van der Waals surface area (Å²) in [5.74, 6) is 0.0658. The fourth-order valence-electron chi connectivity index (χ4n) is 3.35. The molecule has 3 rings (SSSR count). The Labute approximate surface area is 161 Å². The molecule has 0 amide bonds.